The number of carbonyl (C=O) groups is 3. The lowest BCUT2D eigenvalue weighted by atomic mass is 10.0. The normalized spacial score (nSPS) is 15.3. The van der Waals surface area contributed by atoms with Crippen LogP contribution in [0.4, 0.5) is 0 Å². The Hall–Kier alpha value is -3.40. The molecule has 3 amide bonds. The van der Waals surface area contributed by atoms with Crippen LogP contribution in [-0.2, 0) is 32.6 Å². The number of nitrogens with zero attached hydrogens (tertiary/aromatic N) is 2. The molecule has 8 nitrogen and oxygen atoms in total. The number of hydrogen-bond acceptors (Lipinski definition) is 5. The summed E-state index contributed by atoms with van der Waals surface area (Å²) in [6.45, 7) is 2.95. The fourth-order valence-corrected chi connectivity index (χ4v) is 6.27. The Kier molecular flexibility index (Phi) is 9.18. The quantitative estimate of drug-likeness (QED) is 0.363. The fourth-order valence-electron chi connectivity index (χ4n) is 4.43. The Bertz CT molecular complexity index is 1530. The first kappa shape index (κ1) is 29.6. The molecular formula is C29H29Cl2N3O5S. The minimum atomic E-state index is -4.24. The second-order valence-corrected chi connectivity index (χ2v) is 12.3. The number of carbonyl (C=O) groups excluding carboxylic acids is 3. The summed E-state index contributed by atoms with van der Waals surface area (Å²) < 4.78 is 27.0. The van der Waals surface area contributed by atoms with E-state index in [9.17, 15) is 22.8 Å². The van der Waals surface area contributed by atoms with Gasteiger partial charge in [-0.15, -0.1) is 0 Å². The third-order valence-corrected chi connectivity index (χ3v) is 9.33. The van der Waals surface area contributed by atoms with Crippen LogP contribution in [0.3, 0.4) is 0 Å². The first-order valence-corrected chi connectivity index (χ1v) is 15.0. The lowest BCUT2D eigenvalue weighted by molar-refractivity contribution is -0.141. The van der Waals surface area contributed by atoms with E-state index in [0.717, 1.165) is 5.56 Å². The standard InChI is InChI=1S/C29H29Cl2N3O5S/c1-3-19(2)32-28(36)25(16-20-9-5-4-6-10-20)33(17-21-13-14-23(30)24(31)15-21)27(35)18-34-29(37)22-11-7-8-12-26(22)40(34,38)39/h4-15,19,25H,3,16-18H2,1-2H3,(H,32,36)/t19-,25+/m1/s1. The van der Waals surface area contributed by atoms with Crippen LogP contribution in [0.2, 0.25) is 10.0 Å². The molecule has 1 aliphatic heterocycles. The van der Waals surface area contributed by atoms with Gasteiger partial charge in [-0.1, -0.05) is 78.7 Å². The summed E-state index contributed by atoms with van der Waals surface area (Å²) in [5.74, 6) is -1.90. The average molecular weight is 603 g/mol. The Morgan fingerprint density at radius 3 is 2.27 bits per heavy atom. The van der Waals surface area contributed by atoms with Crippen LogP contribution in [0.5, 0.6) is 0 Å². The molecule has 0 unspecified atom stereocenters. The molecule has 3 aromatic carbocycles. The zero-order valence-corrected chi connectivity index (χ0v) is 24.3. The van der Waals surface area contributed by atoms with Crippen molar-refractivity contribution in [2.24, 2.45) is 0 Å². The van der Waals surface area contributed by atoms with E-state index in [-0.39, 0.29) is 34.5 Å². The molecule has 1 N–H and O–H groups in total. The Balaban J connectivity index is 1.73. The lowest BCUT2D eigenvalue weighted by Gasteiger charge is -2.33. The zero-order chi connectivity index (χ0) is 29.0. The Labute approximate surface area is 243 Å². The van der Waals surface area contributed by atoms with Crippen LogP contribution in [0.15, 0.2) is 77.7 Å². The van der Waals surface area contributed by atoms with Crippen molar-refractivity contribution in [3.05, 3.63) is 99.5 Å². The highest BCUT2D eigenvalue weighted by molar-refractivity contribution is 7.90. The van der Waals surface area contributed by atoms with E-state index in [0.29, 0.717) is 21.3 Å². The van der Waals surface area contributed by atoms with Crippen LogP contribution in [0.1, 0.15) is 41.8 Å². The smallest absolute Gasteiger partial charge is 0.269 e. The molecule has 3 aromatic rings. The van der Waals surface area contributed by atoms with Gasteiger partial charge in [-0.25, -0.2) is 12.7 Å². The number of sulfonamides is 1. The number of halogens is 2. The second kappa shape index (κ2) is 12.4. The van der Waals surface area contributed by atoms with Gasteiger partial charge in [-0.2, -0.15) is 0 Å². The molecule has 0 radical (unpaired) electrons. The fraction of sp³-hybridized carbons (Fsp3) is 0.276. The maximum Gasteiger partial charge on any atom is 0.269 e. The third kappa shape index (κ3) is 6.32. The number of nitrogens with one attached hydrogen (secondary N) is 1. The highest BCUT2D eigenvalue weighted by Crippen LogP contribution is 2.30. The molecule has 1 aliphatic rings. The summed E-state index contributed by atoms with van der Waals surface area (Å²) in [6, 6.07) is 18.7. The number of fused-ring (bicyclic) bond motifs is 1. The van der Waals surface area contributed by atoms with E-state index in [1.54, 1.807) is 24.3 Å². The van der Waals surface area contributed by atoms with E-state index in [2.05, 4.69) is 5.32 Å². The maximum absolute atomic E-state index is 14.0. The summed E-state index contributed by atoms with van der Waals surface area (Å²) in [7, 11) is -4.24. The van der Waals surface area contributed by atoms with Gasteiger partial charge in [0.2, 0.25) is 11.8 Å². The molecule has 2 atom stereocenters. The van der Waals surface area contributed by atoms with E-state index in [4.69, 9.17) is 23.2 Å². The van der Waals surface area contributed by atoms with Gasteiger partial charge in [0.05, 0.1) is 15.6 Å². The van der Waals surface area contributed by atoms with Gasteiger partial charge in [0.15, 0.2) is 0 Å². The van der Waals surface area contributed by atoms with Crippen molar-refractivity contribution in [3.8, 4) is 0 Å². The average Bonchev–Trinajstić information content (AvgIpc) is 3.13. The highest BCUT2D eigenvalue weighted by Gasteiger charge is 2.43. The van der Waals surface area contributed by atoms with Crippen LogP contribution in [0, 0.1) is 0 Å². The Morgan fingerprint density at radius 1 is 0.950 bits per heavy atom. The SMILES string of the molecule is CC[C@@H](C)NC(=O)[C@H](Cc1ccccc1)N(Cc1ccc(Cl)c(Cl)c1)C(=O)CN1C(=O)c2ccccc2S1(=O)=O. The van der Waals surface area contributed by atoms with E-state index < -0.39 is 40.3 Å². The number of rotatable bonds is 10. The summed E-state index contributed by atoms with van der Waals surface area (Å²) in [5, 5.41) is 3.54. The molecule has 11 heteroatoms. The molecule has 0 spiro atoms. The largest absolute Gasteiger partial charge is 0.352 e. The first-order valence-electron chi connectivity index (χ1n) is 12.8. The maximum atomic E-state index is 14.0. The van der Waals surface area contributed by atoms with E-state index in [1.165, 1.54) is 23.1 Å². The minimum Gasteiger partial charge on any atom is -0.352 e. The predicted molar refractivity (Wildman–Crippen MR) is 154 cm³/mol. The van der Waals surface area contributed by atoms with Crippen LogP contribution < -0.4 is 5.32 Å². The van der Waals surface area contributed by atoms with Crippen LogP contribution >= 0.6 is 23.2 Å². The lowest BCUT2D eigenvalue weighted by Crippen LogP contribution is -2.54. The third-order valence-electron chi connectivity index (χ3n) is 6.80. The molecule has 40 heavy (non-hydrogen) atoms. The molecule has 0 saturated carbocycles. The minimum absolute atomic E-state index is 0.00156. The molecule has 0 aromatic heterocycles. The molecule has 0 saturated heterocycles. The van der Waals surface area contributed by atoms with Crippen molar-refractivity contribution < 1.29 is 22.8 Å². The first-order chi connectivity index (χ1) is 19.0. The summed E-state index contributed by atoms with van der Waals surface area (Å²) >= 11 is 12.3. The van der Waals surface area contributed by atoms with Crippen molar-refractivity contribution in [1.29, 1.82) is 0 Å². The molecule has 0 bridgehead atoms. The van der Waals surface area contributed by atoms with Crippen molar-refractivity contribution in [3.63, 3.8) is 0 Å². The van der Waals surface area contributed by atoms with Crippen molar-refractivity contribution in [2.45, 2.75) is 50.2 Å². The number of benzene rings is 3. The van der Waals surface area contributed by atoms with Crippen LogP contribution in [-0.4, -0.2) is 54.0 Å². The molecule has 4 rings (SSSR count). The van der Waals surface area contributed by atoms with Crippen LogP contribution in [0.25, 0.3) is 0 Å². The highest BCUT2D eigenvalue weighted by atomic mass is 35.5. The van der Waals surface area contributed by atoms with Gasteiger partial charge < -0.3 is 10.2 Å². The van der Waals surface area contributed by atoms with Gasteiger partial charge in [0.1, 0.15) is 17.5 Å². The summed E-state index contributed by atoms with van der Waals surface area (Å²) in [4.78, 5) is 41.8. The molecule has 210 valence electrons. The molecular weight excluding hydrogens is 573 g/mol. The molecule has 0 aliphatic carbocycles. The van der Waals surface area contributed by atoms with Crippen molar-refractivity contribution in [1.82, 2.24) is 14.5 Å². The Morgan fingerprint density at radius 2 is 1.62 bits per heavy atom. The van der Waals surface area contributed by atoms with Gasteiger partial charge in [0.25, 0.3) is 15.9 Å². The number of amides is 3. The van der Waals surface area contributed by atoms with Gasteiger partial charge in [-0.3, -0.25) is 14.4 Å². The molecule has 0 fully saturated rings. The number of hydrogen-bond donors (Lipinski definition) is 1. The topological polar surface area (TPSA) is 104 Å². The summed E-state index contributed by atoms with van der Waals surface area (Å²) in [6.07, 6.45) is 0.834. The zero-order valence-electron chi connectivity index (χ0n) is 22.0. The molecule has 1 heterocycles. The van der Waals surface area contributed by atoms with Gasteiger partial charge in [-0.05, 0) is 48.7 Å². The van der Waals surface area contributed by atoms with Gasteiger partial charge >= 0.3 is 0 Å². The monoisotopic (exact) mass is 601 g/mol. The van der Waals surface area contributed by atoms with Crippen molar-refractivity contribution >= 4 is 50.9 Å². The summed E-state index contributed by atoms with van der Waals surface area (Å²) in [5.41, 5.74) is 1.38. The van der Waals surface area contributed by atoms with Gasteiger partial charge in [0, 0.05) is 19.0 Å². The second-order valence-electron chi connectivity index (χ2n) is 9.61. The van der Waals surface area contributed by atoms with E-state index >= 15 is 0 Å². The van der Waals surface area contributed by atoms with Crippen molar-refractivity contribution in [2.75, 3.05) is 6.54 Å². The van der Waals surface area contributed by atoms with E-state index in [1.807, 2.05) is 44.2 Å². The predicted octanol–water partition coefficient (Wildman–Crippen LogP) is 4.69.